The number of benzene rings is 2. The second kappa shape index (κ2) is 8.61. The van der Waals surface area contributed by atoms with E-state index in [0.717, 1.165) is 0 Å². The van der Waals surface area contributed by atoms with Gasteiger partial charge in [-0.05, 0) is 23.6 Å². The second-order valence-electron chi connectivity index (χ2n) is 7.48. The summed E-state index contributed by atoms with van der Waals surface area (Å²) < 4.78 is 21.9. The standard InChI is InChI=1S/C22H28O7/c1-22(2,3)18-12(21(24)25)11-15(28-6)17(20(18)29-7)19(23)16-13(26-4)9-8-10-14(16)27-5/h8-11,19,23H,1-7H3,(H,24,25). The van der Waals surface area contributed by atoms with E-state index >= 15 is 0 Å². The third kappa shape index (κ3) is 4.10. The first-order valence-electron chi connectivity index (χ1n) is 9.03. The summed E-state index contributed by atoms with van der Waals surface area (Å²) in [6.45, 7) is 5.64. The molecule has 0 bridgehead atoms. The topological polar surface area (TPSA) is 94.5 Å². The maximum absolute atomic E-state index is 11.9. The summed E-state index contributed by atoms with van der Waals surface area (Å²) in [5.74, 6) is 0.158. The molecule has 7 nitrogen and oxygen atoms in total. The quantitative estimate of drug-likeness (QED) is 0.725. The molecule has 0 saturated carbocycles. The average molecular weight is 404 g/mol. The largest absolute Gasteiger partial charge is 0.496 e. The second-order valence-corrected chi connectivity index (χ2v) is 7.48. The van der Waals surface area contributed by atoms with E-state index in [1.807, 2.05) is 20.8 Å². The van der Waals surface area contributed by atoms with Crippen molar-refractivity contribution in [2.45, 2.75) is 32.3 Å². The first-order chi connectivity index (χ1) is 13.6. The molecule has 0 heterocycles. The lowest BCUT2D eigenvalue weighted by molar-refractivity contribution is 0.0692. The van der Waals surface area contributed by atoms with Crippen LogP contribution in [-0.2, 0) is 5.41 Å². The Morgan fingerprint density at radius 1 is 0.897 bits per heavy atom. The predicted octanol–water partition coefficient (Wildman–Crippen LogP) is 3.80. The molecule has 0 saturated heterocycles. The van der Waals surface area contributed by atoms with E-state index in [4.69, 9.17) is 18.9 Å². The predicted molar refractivity (Wildman–Crippen MR) is 109 cm³/mol. The third-order valence-electron chi connectivity index (χ3n) is 4.70. The summed E-state index contributed by atoms with van der Waals surface area (Å²) in [6.07, 6.45) is -1.25. The van der Waals surface area contributed by atoms with Gasteiger partial charge in [-0.2, -0.15) is 0 Å². The molecule has 0 spiro atoms. The number of aliphatic hydroxyl groups is 1. The molecule has 0 aromatic heterocycles. The molecular weight excluding hydrogens is 376 g/mol. The van der Waals surface area contributed by atoms with Gasteiger partial charge in [-0.1, -0.05) is 26.8 Å². The highest BCUT2D eigenvalue weighted by Gasteiger charge is 2.35. The van der Waals surface area contributed by atoms with E-state index in [1.54, 1.807) is 18.2 Å². The SMILES string of the molecule is COc1cccc(OC)c1C(O)c1c(OC)cc(C(=O)O)c(C(C)(C)C)c1OC. The Labute approximate surface area is 170 Å². The van der Waals surface area contributed by atoms with Gasteiger partial charge in [0.05, 0.1) is 45.1 Å². The van der Waals surface area contributed by atoms with Crippen LogP contribution in [0.25, 0.3) is 0 Å². The van der Waals surface area contributed by atoms with Crippen LogP contribution in [0.1, 0.15) is 53.9 Å². The summed E-state index contributed by atoms with van der Waals surface area (Å²) in [4.78, 5) is 11.9. The zero-order valence-corrected chi connectivity index (χ0v) is 17.8. The van der Waals surface area contributed by atoms with Crippen molar-refractivity contribution in [3.63, 3.8) is 0 Å². The van der Waals surface area contributed by atoms with Gasteiger partial charge in [0.25, 0.3) is 0 Å². The van der Waals surface area contributed by atoms with Crippen LogP contribution in [0.3, 0.4) is 0 Å². The van der Waals surface area contributed by atoms with Gasteiger partial charge in [-0.25, -0.2) is 4.79 Å². The normalized spacial score (nSPS) is 12.3. The smallest absolute Gasteiger partial charge is 0.336 e. The first-order valence-corrected chi connectivity index (χ1v) is 9.03. The van der Waals surface area contributed by atoms with Crippen molar-refractivity contribution < 1.29 is 34.0 Å². The van der Waals surface area contributed by atoms with Crippen molar-refractivity contribution in [1.29, 1.82) is 0 Å². The van der Waals surface area contributed by atoms with E-state index in [0.29, 0.717) is 28.2 Å². The minimum Gasteiger partial charge on any atom is -0.496 e. The molecule has 2 aromatic carbocycles. The van der Waals surface area contributed by atoms with Crippen LogP contribution in [0.15, 0.2) is 24.3 Å². The number of methoxy groups -OCH3 is 4. The molecule has 0 amide bonds. The highest BCUT2D eigenvalue weighted by atomic mass is 16.5. The van der Waals surface area contributed by atoms with Crippen molar-refractivity contribution in [2.24, 2.45) is 0 Å². The Kier molecular flexibility index (Phi) is 6.64. The molecule has 2 N–H and O–H groups in total. The molecule has 2 aromatic rings. The number of carbonyl (C=O) groups is 1. The third-order valence-corrected chi connectivity index (χ3v) is 4.70. The number of ether oxygens (including phenoxy) is 4. The van der Waals surface area contributed by atoms with Crippen molar-refractivity contribution in [1.82, 2.24) is 0 Å². The highest BCUT2D eigenvalue weighted by molar-refractivity contribution is 5.92. The van der Waals surface area contributed by atoms with Crippen LogP contribution in [0.5, 0.6) is 23.0 Å². The van der Waals surface area contributed by atoms with Crippen LogP contribution in [0.2, 0.25) is 0 Å². The minimum absolute atomic E-state index is 0.0501. The summed E-state index contributed by atoms with van der Waals surface area (Å²) in [5, 5.41) is 21.2. The molecule has 29 heavy (non-hydrogen) atoms. The summed E-state index contributed by atoms with van der Waals surface area (Å²) in [6, 6.07) is 6.56. The van der Waals surface area contributed by atoms with Crippen LogP contribution < -0.4 is 18.9 Å². The van der Waals surface area contributed by atoms with E-state index < -0.39 is 17.5 Å². The van der Waals surface area contributed by atoms with Gasteiger partial charge in [-0.3, -0.25) is 0 Å². The molecule has 7 heteroatoms. The van der Waals surface area contributed by atoms with E-state index in [-0.39, 0.29) is 17.1 Å². The molecule has 0 fully saturated rings. The van der Waals surface area contributed by atoms with Gasteiger partial charge in [0.2, 0.25) is 0 Å². The van der Waals surface area contributed by atoms with Crippen LogP contribution in [-0.4, -0.2) is 44.6 Å². The Morgan fingerprint density at radius 3 is 1.79 bits per heavy atom. The van der Waals surface area contributed by atoms with Gasteiger partial charge in [0, 0.05) is 5.56 Å². The highest BCUT2D eigenvalue weighted by Crippen LogP contribution is 2.48. The molecule has 158 valence electrons. The fourth-order valence-electron chi connectivity index (χ4n) is 3.50. The number of hydrogen-bond donors (Lipinski definition) is 2. The van der Waals surface area contributed by atoms with Gasteiger partial charge in [-0.15, -0.1) is 0 Å². The molecule has 0 aliphatic heterocycles. The molecule has 1 unspecified atom stereocenters. The molecule has 0 radical (unpaired) electrons. The van der Waals surface area contributed by atoms with Crippen LogP contribution in [0.4, 0.5) is 0 Å². The lowest BCUT2D eigenvalue weighted by Crippen LogP contribution is -2.21. The Bertz CT molecular complexity index is 875. The van der Waals surface area contributed by atoms with Crippen LogP contribution in [0, 0.1) is 0 Å². The zero-order chi connectivity index (χ0) is 21.9. The van der Waals surface area contributed by atoms with Crippen molar-refractivity contribution >= 4 is 5.97 Å². The first kappa shape index (κ1) is 22.4. The lowest BCUT2D eigenvalue weighted by atomic mass is 9.80. The fourth-order valence-corrected chi connectivity index (χ4v) is 3.50. The van der Waals surface area contributed by atoms with E-state index in [9.17, 15) is 15.0 Å². The van der Waals surface area contributed by atoms with Gasteiger partial charge < -0.3 is 29.2 Å². The molecular formula is C22H28O7. The number of carboxylic acid groups (broad SMARTS) is 1. The van der Waals surface area contributed by atoms with E-state index in [1.165, 1.54) is 34.5 Å². The number of aliphatic hydroxyl groups excluding tert-OH is 1. The van der Waals surface area contributed by atoms with Gasteiger partial charge >= 0.3 is 5.97 Å². The summed E-state index contributed by atoms with van der Waals surface area (Å²) >= 11 is 0. The van der Waals surface area contributed by atoms with Gasteiger partial charge in [0.15, 0.2) is 0 Å². The number of hydrogen-bond acceptors (Lipinski definition) is 6. The minimum atomic E-state index is -1.25. The van der Waals surface area contributed by atoms with Crippen molar-refractivity contribution in [3.8, 4) is 23.0 Å². The Balaban J connectivity index is 2.94. The summed E-state index contributed by atoms with van der Waals surface area (Å²) in [5.41, 5.74) is 0.611. The molecule has 2 rings (SSSR count). The number of aromatic carboxylic acids is 1. The lowest BCUT2D eigenvalue weighted by Gasteiger charge is -2.29. The van der Waals surface area contributed by atoms with Crippen LogP contribution >= 0.6 is 0 Å². The van der Waals surface area contributed by atoms with Crippen molar-refractivity contribution in [2.75, 3.05) is 28.4 Å². The average Bonchev–Trinajstić information content (AvgIpc) is 2.69. The van der Waals surface area contributed by atoms with Gasteiger partial charge in [0.1, 0.15) is 29.1 Å². The fraction of sp³-hybridized carbons (Fsp3) is 0.409. The Hall–Kier alpha value is -2.93. The molecule has 1 atom stereocenters. The molecule has 0 aliphatic carbocycles. The number of carboxylic acids is 1. The Morgan fingerprint density at radius 2 is 1.41 bits per heavy atom. The maximum Gasteiger partial charge on any atom is 0.336 e. The number of rotatable bonds is 7. The maximum atomic E-state index is 11.9. The monoisotopic (exact) mass is 404 g/mol. The zero-order valence-electron chi connectivity index (χ0n) is 17.8. The van der Waals surface area contributed by atoms with Crippen molar-refractivity contribution in [3.05, 3.63) is 46.5 Å². The van der Waals surface area contributed by atoms with E-state index in [2.05, 4.69) is 0 Å². The molecule has 0 aliphatic rings. The summed E-state index contributed by atoms with van der Waals surface area (Å²) in [7, 11) is 5.83.